The first-order valence-electron chi connectivity index (χ1n) is 5.71. The molecular formula is C10H16N4O2. The summed E-state index contributed by atoms with van der Waals surface area (Å²) in [5, 5.41) is 8.40. The quantitative estimate of drug-likeness (QED) is 0.705. The van der Waals surface area contributed by atoms with Crippen LogP contribution < -0.4 is 5.73 Å². The highest BCUT2D eigenvalue weighted by molar-refractivity contribution is 5.04. The van der Waals surface area contributed by atoms with E-state index in [1.54, 1.807) is 0 Å². The average Bonchev–Trinajstić information content (AvgIpc) is 2.73. The molecule has 1 aromatic heterocycles. The van der Waals surface area contributed by atoms with Crippen LogP contribution in [0.25, 0.3) is 0 Å². The standard InChI is InChI=1S/C10H16N4O2/c11-7-1-2-9-12-13-10(14(9)5-7)8-6-15-3-4-16-8/h7-8H,1-6,11H2. The lowest BCUT2D eigenvalue weighted by molar-refractivity contribution is -0.0950. The van der Waals surface area contributed by atoms with Crippen molar-refractivity contribution in [2.24, 2.45) is 5.73 Å². The number of ether oxygens (including phenoxy) is 2. The Balaban J connectivity index is 1.86. The van der Waals surface area contributed by atoms with Crippen LogP contribution in [-0.2, 0) is 22.4 Å². The van der Waals surface area contributed by atoms with E-state index < -0.39 is 0 Å². The van der Waals surface area contributed by atoms with Gasteiger partial charge in [0.05, 0.1) is 19.8 Å². The van der Waals surface area contributed by atoms with Gasteiger partial charge in [-0.3, -0.25) is 0 Å². The average molecular weight is 224 g/mol. The van der Waals surface area contributed by atoms with Crippen LogP contribution in [0, 0.1) is 0 Å². The fraction of sp³-hybridized carbons (Fsp3) is 0.800. The van der Waals surface area contributed by atoms with Crippen LogP contribution >= 0.6 is 0 Å². The molecule has 0 spiro atoms. The third-order valence-corrected chi connectivity index (χ3v) is 3.12. The molecule has 1 aromatic rings. The van der Waals surface area contributed by atoms with Crippen molar-refractivity contribution < 1.29 is 9.47 Å². The van der Waals surface area contributed by atoms with Crippen molar-refractivity contribution in [2.75, 3.05) is 19.8 Å². The van der Waals surface area contributed by atoms with Crippen molar-refractivity contribution in [3.63, 3.8) is 0 Å². The van der Waals surface area contributed by atoms with E-state index in [9.17, 15) is 0 Å². The van der Waals surface area contributed by atoms with Crippen molar-refractivity contribution in [1.82, 2.24) is 14.8 Å². The fourth-order valence-corrected chi connectivity index (χ4v) is 2.25. The Labute approximate surface area is 93.7 Å². The molecule has 6 nitrogen and oxygen atoms in total. The number of nitrogens with two attached hydrogens (primary N) is 1. The first-order chi connectivity index (χ1) is 7.84. The number of rotatable bonds is 1. The van der Waals surface area contributed by atoms with Gasteiger partial charge in [0, 0.05) is 19.0 Å². The van der Waals surface area contributed by atoms with E-state index in [2.05, 4.69) is 14.8 Å². The Bertz CT molecular complexity index is 373. The largest absolute Gasteiger partial charge is 0.376 e. The third kappa shape index (κ3) is 1.73. The second kappa shape index (κ2) is 4.12. The molecule has 3 heterocycles. The number of fused-ring (bicyclic) bond motifs is 1. The Morgan fingerprint density at radius 2 is 2.25 bits per heavy atom. The molecule has 16 heavy (non-hydrogen) atoms. The Hall–Kier alpha value is -0.980. The predicted octanol–water partition coefficient (Wildman–Crippen LogP) is -0.361. The van der Waals surface area contributed by atoms with E-state index in [4.69, 9.17) is 15.2 Å². The van der Waals surface area contributed by atoms with Crippen molar-refractivity contribution in [3.8, 4) is 0 Å². The molecule has 2 aliphatic rings. The van der Waals surface area contributed by atoms with Crippen LogP contribution in [0.2, 0.25) is 0 Å². The number of aromatic nitrogens is 3. The molecule has 1 fully saturated rings. The van der Waals surface area contributed by atoms with Gasteiger partial charge in [0.2, 0.25) is 0 Å². The fourth-order valence-electron chi connectivity index (χ4n) is 2.25. The minimum Gasteiger partial charge on any atom is -0.376 e. The highest BCUT2D eigenvalue weighted by atomic mass is 16.6. The van der Waals surface area contributed by atoms with Gasteiger partial charge in [-0.1, -0.05) is 0 Å². The van der Waals surface area contributed by atoms with Gasteiger partial charge in [-0.2, -0.15) is 0 Å². The first-order valence-corrected chi connectivity index (χ1v) is 5.71. The predicted molar refractivity (Wildman–Crippen MR) is 55.8 cm³/mol. The third-order valence-electron chi connectivity index (χ3n) is 3.12. The van der Waals surface area contributed by atoms with Gasteiger partial charge in [-0.05, 0) is 6.42 Å². The van der Waals surface area contributed by atoms with Crippen molar-refractivity contribution in [1.29, 1.82) is 0 Å². The Kier molecular flexibility index (Phi) is 2.62. The molecule has 2 aliphatic heterocycles. The van der Waals surface area contributed by atoms with E-state index in [-0.39, 0.29) is 12.1 Å². The van der Waals surface area contributed by atoms with E-state index in [0.717, 1.165) is 31.0 Å². The van der Waals surface area contributed by atoms with Crippen LogP contribution in [0.4, 0.5) is 0 Å². The molecule has 0 saturated carbocycles. The van der Waals surface area contributed by atoms with Gasteiger partial charge in [-0.25, -0.2) is 0 Å². The lowest BCUT2D eigenvalue weighted by atomic mass is 10.1. The van der Waals surface area contributed by atoms with Crippen LogP contribution in [0.15, 0.2) is 0 Å². The lowest BCUT2D eigenvalue weighted by Crippen LogP contribution is -2.34. The lowest BCUT2D eigenvalue weighted by Gasteiger charge is -2.26. The maximum absolute atomic E-state index is 5.96. The number of nitrogens with zero attached hydrogens (tertiary/aromatic N) is 3. The number of hydrogen-bond donors (Lipinski definition) is 1. The normalized spacial score (nSPS) is 30.1. The minimum absolute atomic E-state index is 0.0831. The molecule has 88 valence electrons. The number of aryl methyl sites for hydroxylation is 1. The summed E-state index contributed by atoms with van der Waals surface area (Å²) in [5.74, 6) is 1.88. The molecule has 2 unspecified atom stereocenters. The van der Waals surface area contributed by atoms with E-state index in [1.807, 2.05) is 0 Å². The molecule has 0 amide bonds. The zero-order valence-corrected chi connectivity index (χ0v) is 9.13. The minimum atomic E-state index is -0.0831. The zero-order valence-electron chi connectivity index (χ0n) is 9.13. The summed E-state index contributed by atoms with van der Waals surface area (Å²) >= 11 is 0. The maximum Gasteiger partial charge on any atom is 0.164 e. The molecule has 1 saturated heterocycles. The van der Waals surface area contributed by atoms with E-state index >= 15 is 0 Å². The smallest absolute Gasteiger partial charge is 0.164 e. The molecule has 3 rings (SSSR count). The molecule has 2 N–H and O–H groups in total. The van der Waals surface area contributed by atoms with Crippen molar-refractivity contribution in [3.05, 3.63) is 11.6 Å². The van der Waals surface area contributed by atoms with Crippen molar-refractivity contribution >= 4 is 0 Å². The molecule has 0 aliphatic carbocycles. The van der Waals surface area contributed by atoms with E-state index in [1.165, 1.54) is 0 Å². The highest BCUT2D eigenvalue weighted by Crippen LogP contribution is 2.23. The summed E-state index contributed by atoms with van der Waals surface area (Å²) in [6, 6.07) is 0.201. The second-order valence-electron chi connectivity index (χ2n) is 4.32. The van der Waals surface area contributed by atoms with Crippen LogP contribution in [0.5, 0.6) is 0 Å². The second-order valence-corrected chi connectivity index (χ2v) is 4.32. The Morgan fingerprint density at radius 1 is 1.31 bits per heavy atom. The molecular weight excluding hydrogens is 208 g/mol. The molecule has 6 heteroatoms. The number of hydrogen-bond acceptors (Lipinski definition) is 5. The van der Waals surface area contributed by atoms with Gasteiger partial charge < -0.3 is 19.8 Å². The van der Waals surface area contributed by atoms with Gasteiger partial charge in [0.25, 0.3) is 0 Å². The molecule has 2 atom stereocenters. The summed E-state index contributed by atoms with van der Waals surface area (Å²) in [5.41, 5.74) is 5.96. The van der Waals surface area contributed by atoms with Gasteiger partial charge in [0.15, 0.2) is 5.82 Å². The van der Waals surface area contributed by atoms with Gasteiger partial charge >= 0.3 is 0 Å². The summed E-state index contributed by atoms with van der Waals surface area (Å²) < 4.78 is 13.1. The van der Waals surface area contributed by atoms with Crippen LogP contribution in [0.3, 0.4) is 0 Å². The SMILES string of the molecule is NC1CCc2nnc(C3COCCO3)n2C1. The monoisotopic (exact) mass is 224 g/mol. The maximum atomic E-state index is 5.96. The summed E-state index contributed by atoms with van der Waals surface area (Å²) in [7, 11) is 0. The van der Waals surface area contributed by atoms with Crippen LogP contribution in [-0.4, -0.2) is 40.6 Å². The summed E-state index contributed by atoms with van der Waals surface area (Å²) in [6.07, 6.45) is 1.81. The molecule has 0 aromatic carbocycles. The molecule has 0 radical (unpaired) electrons. The van der Waals surface area contributed by atoms with Crippen molar-refractivity contribution in [2.45, 2.75) is 31.5 Å². The summed E-state index contributed by atoms with van der Waals surface area (Å²) in [6.45, 7) is 2.64. The zero-order chi connectivity index (χ0) is 11.0. The van der Waals surface area contributed by atoms with Gasteiger partial charge in [-0.15, -0.1) is 10.2 Å². The van der Waals surface area contributed by atoms with Crippen LogP contribution in [0.1, 0.15) is 24.2 Å². The van der Waals surface area contributed by atoms with E-state index in [0.29, 0.717) is 19.8 Å². The summed E-state index contributed by atoms with van der Waals surface area (Å²) in [4.78, 5) is 0. The van der Waals surface area contributed by atoms with Gasteiger partial charge in [0.1, 0.15) is 11.9 Å². The first kappa shape index (κ1) is 10.2. The topological polar surface area (TPSA) is 75.2 Å². The molecule has 0 bridgehead atoms. The highest BCUT2D eigenvalue weighted by Gasteiger charge is 2.27. The Morgan fingerprint density at radius 3 is 3.06 bits per heavy atom.